The quantitative estimate of drug-likeness (QED) is 0.0532. The minimum Gasteiger partial charge on any atom is -0.481 e. The zero-order chi connectivity index (χ0) is 52.2. The van der Waals surface area contributed by atoms with Gasteiger partial charge in [0.1, 0.15) is 36.3 Å². The zero-order valence-corrected chi connectivity index (χ0v) is 40.4. The number of amides is 8. The Balaban J connectivity index is 2.48. The van der Waals surface area contributed by atoms with Crippen molar-refractivity contribution in [3.8, 4) is 0 Å². The van der Waals surface area contributed by atoms with Crippen molar-refractivity contribution in [3.05, 3.63) is 71.3 Å². The lowest BCUT2D eigenvalue weighted by Crippen LogP contribution is -2.62. The number of nitrogens with two attached hydrogens (primary N) is 1. The summed E-state index contributed by atoms with van der Waals surface area (Å²) in [7, 11) is 0. The van der Waals surface area contributed by atoms with Crippen molar-refractivity contribution < 1.29 is 63.0 Å². The van der Waals surface area contributed by atoms with Crippen LogP contribution in [-0.4, -0.2) is 117 Å². The average Bonchev–Trinajstić information content (AvgIpc) is 3.27. The first-order valence-electron chi connectivity index (χ1n) is 22.7. The molecule has 2 rings (SSSR count). The van der Waals surface area contributed by atoms with Crippen molar-refractivity contribution in [3.63, 3.8) is 0 Å². The van der Waals surface area contributed by atoms with Gasteiger partial charge in [-0.05, 0) is 67.7 Å². The predicted molar refractivity (Wildman–Crippen MR) is 252 cm³/mol. The number of carboxylic acid groups (broad SMARTS) is 2. The number of ketones is 1. The first-order valence-corrected chi connectivity index (χ1v) is 22.7. The van der Waals surface area contributed by atoms with E-state index >= 15 is 0 Å². The summed E-state index contributed by atoms with van der Waals surface area (Å²) in [5.41, 5.74) is 5.71. The van der Waals surface area contributed by atoms with Crippen LogP contribution in [0.25, 0.3) is 0 Å². The van der Waals surface area contributed by atoms with E-state index in [0.29, 0.717) is 24.0 Å². The molecule has 0 aromatic heterocycles. The van der Waals surface area contributed by atoms with Crippen molar-refractivity contribution in [2.24, 2.45) is 17.1 Å². The molecule has 0 aliphatic carbocycles. The first-order chi connectivity index (χ1) is 32.2. The molecule has 0 heterocycles. The van der Waals surface area contributed by atoms with Crippen LogP contribution in [0.4, 0.5) is 0 Å². The molecule has 0 spiro atoms. The molecular weight excluding hydrogens is 897 g/mol. The lowest BCUT2D eigenvalue weighted by Gasteiger charge is -2.34. The van der Waals surface area contributed by atoms with Gasteiger partial charge < -0.3 is 53.2 Å². The molecule has 0 radical (unpaired) electrons. The van der Waals surface area contributed by atoms with E-state index in [9.17, 15) is 63.0 Å². The number of hydrogen-bond acceptors (Lipinski definition) is 11. The standard InChI is InChI=1S/C48H68N8O13/c1-9-10-20-31(38(61)40(49)62)51-44(66)33(23-26(2)3)55-47(69)39(48(6,7)8)56-46(68)34(24-30-19-15-14-16-27(30)4)54-43(65)32(21-22-36(57)58)52-45(67)35(25-37(59)60)53-41(63)28(5)50-42(64)29-17-12-11-13-18-29/h11-19,26,28,31-35,39H,9-10,20-25H2,1-8H3,(H2,49,62)(H,50,64)(H,51,66)(H,52,67)(H,53,63)(H,54,65)(H,55,69)(H,56,68)(H,57,58)(H,59,60)/t28-,31-,32-,33-,34-,35-,39+/m0/s1. The normalized spacial score (nSPS) is 14.2. The van der Waals surface area contributed by atoms with E-state index in [4.69, 9.17) is 5.73 Å². The molecule has 21 nitrogen and oxygen atoms in total. The van der Waals surface area contributed by atoms with Gasteiger partial charge >= 0.3 is 11.9 Å². The molecule has 0 fully saturated rings. The SMILES string of the molecule is CCCC[C@H](NC(=O)[C@H](CC(C)C)NC(=O)[C@@H](NC(=O)[C@H](Cc1ccccc1C)NC(=O)[C@H](CCC(=O)O)NC(=O)[C@H](CC(=O)O)NC(=O)[C@H](C)NC(=O)c1ccccc1)C(C)(C)C)C(=O)C(N)=O. The van der Waals surface area contributed by atoms with Gasteiger partial charge in [0.05, 0.1) is 12.5 Å². The summed E-state index contributed by atoms with van der Waals surface area (Å²) >= 11 is 0. The third-order valence-electron chi connectivity index (χ3n) is 10.9. The van der Waals surface area contributed by atoms with Crippen molar-refractivity contribution in [1.82, 2.24) is 37.2 Å². The van der Waals surface area contributed by atoms with Gasteiger partial charge in [-0.1, -0.05) is 96.8 Å². The third kappa shape index (κ3) is 19.9. The molecule has 0 saturated heterocycles. The first kappa shape index (κ1) is 57.9. The minimum atomic E-state index is -1.82. The molecule has 21 heteroatoms. The fraction of sp³-hybridized carbons (Fsp3) is 0.521. The van der Waals surface area contributed by atoms with Crippen molar-refractivity contribution in [2.75, 3.05) is 0 Å². The topological polar surface area (TPSA) is 338 Å². The fourth-order valence-electron chi connectivity index (χ4n) is 6.96. The lowest BCUT2D eigenvalue weighted by atomic mass is 9.85. The number of benzene rings is 2. The van der Waals surface area contributed by atoms with Crippen LogP contribution >= 0.6 is 0 Å². The van der Waals surface area contributed by atoms with Crippen LogP contribution in [0.1, 0.15) is 115 Å². The van der Waals surface area contributed by atoms with E-state index < -0.39 is 132 Å². The molecule has 2 aromatic carbocycles. The lowest BCUT2D eigenvalue weighted by molar-refractivity contribution is -0.141. The summed E-state index contributed by atoms with van der Waals surface area (Å²) in [5.74, 6) is -11.6. The largest absolute Gasteiger partial charge is 0.481 e. The Morgan fingerprint density at radius 3 is 1.67 bits per heavy atom. The van der Waals surface area contributed by atoms with Gasteiger partial charge in [0.2, 0.25) is 41.2 Å². The average molecular weight is 965 g/mol. The van der Waals surface area contributed by atoms with Crippen molar-refractivity contribution in [1.29, 1.82) is 0 Å². The Morgan fingerprint density at radius 1 is 0.594 bits per heavy atom. The number of carboxylic acids is 2. The van der Waals surface area contributed by atoms with E-state index in [2.05, 4.69) is 37.2 Å². The van der Waals surface area contributed by atoms with Crippen LogP contribution in [0.5, 0.6) is 0 Å². The second-order valence-corrected chi connectivity index (χ2v) is 18.3. The van der Waals surface area contributed by atoms with Crippen LogP contribution < -0.4 is 43.0 Å². The summed E-state index contributed by atoms with van der Waals surface area (Å²) in [6.07, 6.45) is -1.07. The molecule has 0 unspecified atom stereocenters. The number of primary amides is 1. The number of nitrogens with one attached hydrogen (secondary N) is 7. The van der Waals surface area contributed by atoms with Crippen molar-refractivity contribution in [2.45, 2.75) is 149 Å². The summed E-state index contributed by atoms with van der Waals surface area (Å²) < 4.78 is 0. The fourth-order valence-corrected chi connectivity index (χ4v) is 6.96. The molecule has 11 N–H and O–H groups in total. The van der Waals surface area contributed by atoms with Gasteiger partial charge in [-0.2, -0.15) is 0 Å². The smallest absolute Gasteiger partial charge is 0.305 e. The molecule has 378 valence electrons. The molecule has 8 amide bonds. The summed E-state index contributed by atoms with van der Waals surface area (Å²) in [4.78, 5) is 144. The molecule has 0 bridgehead atoms. The van der Waals surface area contributed by atoms with Crippen LogP contribution in [0.2, 0.25) is 0 Å². The van der Waals surface area contributed by atoms with Crippen LogP contribution in [-0.2, 0) is 54.4 Å². The third-order valence-corrected chi connectivity index (χ3v) is 10.9. The highest BCUT2D eigenvalue weighted by molar-refractivity contribution is 6.37. The number of hydrogen-bond donors (Lipinski definition) is 10. The Morgan fingerprint density at radius 2 is 1.12 bits per heavy atom. The zero-order valence-electron chi connectivity index (χ0n) is 40.4. The van der Waals surface area contributed by atoms with E-state index in [1.165, 1.54) is 19.1 Å². The predicted octanol–water partition coefficient (Wildman–Crippen LogP) is 0.941. The van der Waals surface area contributed by atoms with E-state index in [1.54, 1.807) is 84.0 Å². The number of carbonyl (C=O) groups excluding carboxylic acids is 9. The van der Waals surface area contributed by atoms with Crippen LogP contribution in [0, 0.1) is 18.3 Å². The molecule has 2 aromatic rings. The highest BCUT2D eigenvalue weighted by Gasteiger charge is 2.39. The van der Waals surface area contributed by atoms with Gasteiger partial charge in [-0.3, -0.25) is 52.7 Å². The van der Waals surface area contributed by atoms with Crippen molar-refractivity contribution >= 4 is 65.0 Å². The van der Waals surface area contributed by atoms with E-state index in [-0.39, 0.29) is 30.7 Å². The van der Waals surface area contributed by atoms with Gasteiger partial charge in [-0.15, -0.1) is 0 Å². The van der Waals surface area contributed by atoms with Crippen LogP contribution in [0.3, 0.4) is 0 Å². The number of carbonyl (C=O) groups is 11. The second kappa shape index (κ2) is 27.6. The van der Waals surface area contributed by atoms with E-state index in [0.717, 1.165) is 0 Å². The molecule has 0 saturated carbocycles. The highest BCUT2D eigenvalue weighted by Crippen LogP contribution is 2.21. The molecule has 7 atom stereocenters. The molecule has 69 heavy (non-hydrogen) atoms. The number of rotatable bonds is 28. The Kier molecular flexibility index (Phi) is 23.2. The van der Waals surface area contributed by atoms with Gasteiger partial charge in [0.15, 0.2) is 0 Å². The molecule has 0 aliphatic heterocycles. The number of aryl methyl sites for hydroxylation is 1. The summed E-state index contributed by atoms with van der Waals surface area (Å²) in [5, 5.41) is 36.7. The number of Topliss-reactive ketones (excluding diaryl/α,β-unsaturated/α-hetero) is 1. The van der Waals surface area contributed by atoms with E-state index in [1.807, 2.05) is 6.92 Å². The van der Waals surface area contributed by atoms with Gasteiger partial charge in [0, 0.05) is 18.4 Å². The van der Waals surface area contributed by atoms with Gasteiger partial charge in [0.25, 0.3) is 11.8 Å². The maximum absolute atomic E-state index is 14.4. The summed E-state index contributed by atoms with van der Waals surface area (Å²) in [6.45, 7) is 13.4. The minimum absolute atomic E-state index is 0.0872. The van der Waals surface area contributed by atoms with Crippen LogP contribution in [0.15, 0.2) is 54.6 Å². The molecular formula is C48H68N8O13. The Labute approximate surface area is 401 Å². The number of aliphatic carboxylic acids is 2. The maximum Gasteiger partial charge on any atom is 0.305 e. The molecule has 0 aliphatic rings. The highest BCUT2D eigenvalue weighted by atomic mass is 16.4. The second-order valence-electron chi connectivity index (χ2n) is 18.3. The maximum atomic E-state index is 14.4. The Hall–Kier alpha value is -7.19. The monoisotopic (exact) mass is 964 g/mol. The summed E-state index contributed by atoms with van der Waals surface area (Å²) in [6, 6.07) is 4.58. The number of unbranched alkanes of at least 4 members (excludes halogenated alkanes) is 1. The Bertz CT molecular complexity index is 2180. The van der Waals surface area contributed by atoms with Gasteiger partial charge in [-0.25, -0.2) is 0 Å².